The van der Waals surface area contributed by atoms with Gasteiger partial charge in [-0.1, -0.05) is 12.1 Å². The molecule has 0 saturated heterocycles. The summed E-state index contributed by atoms with van der Waals surface area (Å²) in [6.07, 6.45) is 1.65. The zero-order valence-electron chi connectivity index (χ0n) is 21.6. The smallest absolute Gasteiger partial charge is 0.312 e. The van der Waals surface area contributed by atoms with Crippen LogP contribution in [0.3, 0.4) is 0 Å². The number of carbonyl (C=O) groups is 2. The lowest BCUT2D eigenvalue weighted by atomic mass is 9.84. The summed E-state index contributed by atoms with van der Waals surface area (Å²) in [6, 6.07) is 12.1. The fraction of sp³-hybridized carbons (Fsp3) is 0.241. The van der Waals surface area contributed by atoms with Gasteiger partial charge in [0.25, 0.3) is 0 Å². The van der Waals surface area contributed by atoms with Crippen LogP contribution in [0.2, 0.25) is 0 Å². The van der Waals surface area contributed by atoms with Crippen LogP contribution < -0.4 is 33.2 Å². The fourth-order valence-corrected chi connectivity index (χ4v) is 4.86. The maximum absolute atomic E-state index is 13.4. The lowest BCUT2D eigenvalue weighted by molar-refractivity contribution is -0.135. The highest BCUT2D eigenvalue weighted by Crippen LogP contribution is 2.53. The van der Waals surface area contributed by atoms with Crippen molar-refractivity contribution in [3.63, 3.8) is 0 Å². The molecule has 0 amide bonds. The third-order valence-corrected chi connectivity index (χ3v) is 6.59. The molecule has 196 valence electrons. The van der Waals surface area contributed by atoms with E-state index in [1.165, 1.54) is 28.4 Å². The molecular weight excluding hydrogens is 492 g/mol. The van der Waals surface area contributed by atoms with Gasteiger partial charge >= 0.3 is 5.97 Å². The van der Waals surface area contributed by atoms with E-state index in [0.29, 0.717) is 62.5 Å². The van der Waals surface area contributed by atoms with Crippen molar-refractivity contribution in [2.75, 3.05) is 35.5 Å². The number of esters is 1. The molecule has 0 saturated carbocycles. The fourth-order valence-electron chi connectivity index (χ4n) is 4.86. The Labute approximate surface area is 219 Å². The van der Waals surface area contributed by atoms with Crippen molar-refractivity contribution in [2.45, 2.75) is 12.3 Å². The van der Waals surface area contributed by atoms with Gasteiger partial charge in [0.15, 0.2) is 28.8 Å². The van der Waals surface area contributed by atoms with Crippen molar-refractivity contribution in [3.8, 4) is 40.2 Å². The molecule has 0 aliphatic carbocycles. The van der Waals surface area contributed by atoms with Crippen LogP contribution >= 0.6 is 0 Å². The Hall–Kier alpha value is -4.66. The maximum Gasteiger partial charge on any atom is 0.312 e. The Morgan fingerprint density at radius 1 is 0.763 bits per heavy atom. The largest absolute Gasteiger partial charge is 0.493 e. The van der Waals surface area contributed by atoms with E-state index in [0.717, 1.165) is 0 Å². The van der Waals surface area contributed by atoms with Crippen molar-refractivity contribution < 1.29 is 42.7 Å². The average Bonchev–Trinajstić information content (AvgIpc) is 3.25. The maximum atomic E-state index is 13.4. The minimum absolute atomic E-state index is 0.0154. The van der Waals surface area contributed by atoms with E-state index in [9.17, 15) is 9.59 Å². The predicted molar refractivity (Wildman–Crippen MR) is 137 cm³/mol. The highest BCUT2D eigenvalue weighted by atomic mass is 16.5. The standard InChI is InChI=1S/C29H26O9/c1-32-19-9-6-15(12-22(19)34-3)13-23-26(31)17-8-10-20-25(27(17)38-23)18(14-24(30)37-20)16-7-11-21(33-2)29(36-5)28(16)35-4/h6-13,18H,14H2,1-5H3/b23-13-/t18-/m1/s1. The molecule has 0 bridgehead atoms. The summed E-state index contributed by atoms with van der Waals surface area (Å²) in [4.78, 5) is 26.0. The molecule has 0 aromatic heterocycles. The molecule has 2 aliphatic heterocycles. The van der Waals surface area contributed by atoms with E-state index in [2.05, 4.69) is 0 Å². The van der Waals surface area contributed by atoms with Gasteiger partial charge in [-0.15, -0.1) is 0 Å². The molecule has 0 fully saturated rings. The quantitative estimate of drug-likeness (QED) is 0.248. The first-order valence-electron chi connectivity index (χ1n) is 11.8. The second kappa shape index (κ2) is 10.0. The molecule has 2 aliphatic rings. The molecule has 0 radical (unpaired) electrons. The van der Waals surface area contributed by atoms with Gasteiger partial charge in [0, 0.05) is 17.0 Å². The first-order valence-corrected chi connectivity index (χ1v) is 11.8. The lowest BCUT2D eigenvalue weighted by Gasteiger charge is -2.28. The molecular formula is C29H26O9. The van der Waals surface area contributed by atoms with Crippen LogP contribution in [0, 0.1) is 0 Å². The summed E-state index contributed by atoms with van der Waals surface area (Å²) in [6.45, 7) is 0. The van der Waals surface area contributed by atoms with Gasteiger partial charge in [0.1, 0.15) is 11.5 Å². The average molecular weight is 519 g/mol. The third-order valence-electron chi connectivity index (χ3n) is 6.59. The Kier molecular flexibility index (Phi) is 6.59. The summed E-state index contributed by atoms with van der Waals surface area (Å²) < 4.78 is 39.0. The molecule has 2 heterocycles. The van der Waals surface area contributed by atoms with Crippen molar-refractivity contribution in [1.29, 1.82) is 0 Å². The van der Waals surface area contributed by atoms with Crippen molar-refractivity contribution in [3.05, 3.63) is 70.5 Å². The molecule has 5 rings (SSSR count). The molecule has 0 spiro atoms. The molecule has 38 heavy (non-hydrogen) atoms. The van der Waals surface area contributed by atoms with Crippen LogP contribution in [-0.4, -0.2) is 47.3 Å². The highest BCUT2D eigenvalue weighted by Gasteiger charge is 2.40. The molecule has 0 unspecified atom stereocenters. The number of carbonyl (C=O) groups excluding carboxylic acids is 2. The number of hydrogen-bond donors (Lipinski definition) is 0. The summed E-state index contributed by atoms with van der Waals surface area (Å²) in [5.74, 6) is 1.96. The monoisotopic (exact) mass is 518 g/mol. The molecule has 0 N–H and O–H groups in total. The molecule has 1 atom stereocenters. The second-order valence-corrected chi connectivity index (χ2v) is 8.56. The number of fused-ring (bicyclic) bond motifs is 3. The van der Waals surface area contributed by atoms with Gasteiger partial charge in [-0.2, -0.15) is 0 Å². The topological polar surface area (TPSA) is 98.8 Å². The Morgan fingerprint density at radius 2 is 1.47 bits per heavy atom. The van der Waals surface area contributed by atoms with Gasteiger partial charge in [0.2, 0.25) is 11.5 Å². The number of allylic oxidation sites excluding steroid dienone is 1. The van der Waals surface area contributed by atoms with E-state index >= 15 is 0 Å². The van der Waals surface area contributed by atoms with Crippen LogP contribution in [0.15, 0.2) is 48.2 Å². The number of ether oxygens (including phenoxy) is 7. The number of Topliss-reactive ketones (excluding diaryl/α,β-unsaturated/α-hetero) is 1. The SMILES string of the molecule is COc1ccc(/C=C2\Oc3c(ccc4c3[C@@H](c3ccc(OC)c(OC)c3OC)CC(=O)O4)C2=O)cc1OC. The summed E-state index contributed by atoms with van der Waals surface area (Å²) in [5.41, 5.74) is 2.32. The minimum atomic E-state index is -0.524. The predicted octanol–water partition coefficient (Wildman–Crippen LogP) is 4.79. The van der Waals surface area contributed by atoms with E-state index < -0.39 is 11.9 Å². The number of rotatable bonds is 7. The molecule has 9 heteroatoms. The first-order chi connectivity index (χ1) is 18.4. The van der Waals surface area contributed by atoms with Gasteiger partial charge in [-0.3, -0.25) is 9.59 Å². The molecule has 3 aromatic carbocycles. The second-order valence-electron chi connectivity index (χ2n) is 8.56. The minimum Gasteiger partial charge on any atom is -0.493 e. The number of hydrogen-bond acceptors (Lipinski definition) is 9. The highest BCUT2D eigenvalue weighted by molar-refractivity contribution is 6.15. The zero-order valence-corrected chi connectivity index (χ0v) is 21.6. The van der Waals surface area contributed by atoms with Crippen LogP contribution in [0.1, 0.15) is 39.4 Å². The van der Waals surface area contributed by atoms with E-state index in [4.69, 9.17) is 33.2 Å². The summed E-state index contributed by atoms with van der Waals surface area (Å²) >= 11 is 0. The van der Waals surface area contributed by atoms with E-state index in [1.54, 1.807) is 49.6 Å². The number of methoxy groups -OCH3 is 5. The van der Waals surface area contributed by atoms with Gasteiger partial charge in [-0.25, -0.2) is 0 Å². The van der Waals surface area contributed by atoms with Gasteiger partial charge < -0.3 is 33.2 Å². The normalized spacial score (nSPS) is 16.8. The first kappa shape index (κ1) is 25.0. The van der Waals surface area contributed by atoms with Crippen molar-refractivity contribution in [1.82, 2.24) is 0 Å². The summed E-state index contributed by atoms with van der Waals surface area (Å²) in [5, 5.41) is 0. The van der Waals surface area contributed by atoms with Crippen LogP contribution in [0.5, 0.6) is 40.2 Å². The van der Waals surface area contributed by atoms with E-state index in [1.807, 2.05) is 6.07 Å². The van der Waals surface area contributed by atoms with Crippen LogP contribution in [0.25, 0.3) is 6.08 Å². The molecule has 3 aromatic rings. The lowest BCUT2D eigenvalue weighted by Crippen LogP contribution is -2.22. The number of ketones is 1. The zero-order chi connectivity index (χ0) is 27.0. The Balaban J connectivity index is 1.62. The van der Waals surface area contributed by atoms with Crippen LogP contribution in [-0.2, 0) is 4.79 Å². The molecule has 9 nitrogen and oxygen atoms in total. The van der Waals surface area contributed by atoms with Gasteiger partial charge in [0.05, 0.1) is 47.5 Å². The Bertz CT molecular complexity index is 1470. The number of benzene rings is 3. The van der Waals surface area contributed by atoms with Crippen molar-refractivity contribution in [2.24, 2.45) is 0 Å². The van der Waals surface area contributed by atoms with Crippen molar-refractivity contribution >= 4 is 17.8 Å². The van der Waals surface area contributed by atoms with Gasteiger partial charge in [-0.05, 0) is 42.0 Å². The van der Waals surface area contributed by atoms with E-state index in [-0.39, 0.29) is 18.0 Å². The summed E-state index contributed by atoms with van der Waals surface area (Å²) in [7, 11) is 7.65. The van der Waals surface area contributed by atoms with Crippen LogP contribution in [0.4, 0.5) is 0 Å². The third kappa shape index (κ3) is 4.06. The Morgan fingerprint density at radius 3 is 2.16 bits per heavy atom.